The van der Waals surface area contributed by atoms with E-state index < -0.39 is 13.0 Å². The molecule has 2 nitrogen and oxygen atoms in total. The molecule has 4 heteroatoms. The van der Waals surface area contributed by atoms with E-state index in [1.165, 1.54) is 15.9 Å². The molecule has 146 valence electrons. The van der Waals surface area contributed by atoms with Crippen LogP contribution in [0.4, 0.5) is 0 Å². The molecule has 1 heterocycles. The number of rotatable bonds is 5. The van der Waals surface area contributed by atoms with Crippen LogP contribution in [0.25, 0.3) is 0 Å². The highest BCUT2D eigenvalue weighted by Crippen LogP contribution is 2.63. The fourth-order valence-corrected chi connectivity index (χ4v) is 9.25. The van der Waals surface area contributed by atoms with Crippen LogP contribution in [-0.4, -0.2) is 24.7 Å². The summed E-state index contributed by atoms with van der Waals surface area (Å²) in [5.41, 5.74) is 0.166. The maximum atomic E-state index is 6.18. The van der Waals surface area contributed by atoms with Crippen molar-refractivity contribution in [2.24, 2.45) is 0 Å². The summed E-state index contributed by atoms with van der Waals surface area (Å²) < 4.78 is 12.4. The van der Waals surface area contributed by atoms with E-state index in [1.54, 1.807) is 0 Å². The lowest BCUT2D eigenvalue weighted by molar-refractivity contribution is -0.139. The van der Waals surface area contributed by atoms with Gasteiger partial charge in [0.05, 0.1) is 13.2 Å². The molecule has 0 radical (unpaired) electrons. The largest absolute Gasteiger partial charge is 1.00 e. The lowest BCUT2D eigenvalue weighted by atomic mass is 10.2. The third-order valence-electron chi connectivity index (χ3n) is 5.69. The number of benzene rings is 3. The van der Waals surface area contributed by atoms with Gasteiger partial charge in [0, 0.05) is 0 Å². The Morgan fingerprint density at radius 2 is 1.00 bits per heavy atom. The van der Waals surface area contributed by atoms with Gasteiger partial charge < -0.3 is 26.5 Å². The summed E-state index contributed by atoms with van der Waals surface area (Å²) in [5.74, 6) is -0.602. The Morgan fingerprint density at radius 3 is 1.32 bits per heavy atom. The van der Waals surface area contributed by atoms with Gasteiger partial charge in [-0.2, -0.15) is 0 Å². The SMILES string of the molecule is CC(C1(C)OCCO1)[P+](c1ccccc1)(c1ccccc1)c1ccccc1.[Br-]. The van der Waals surface area contributed by atoms with Crippen LogP contribution >= 0.6 is 7.26 Å². The van der Waals surface area contributed by atoms with E-state index in [1.807, 2.05) is 0 Å². The van der Waals surface area contributed by atoms with E-state index in [9.17, 15) is 0 Å². The van der Waals surface area contributed by atoms with Gasteiger partial charge in [-0.1, -0.05) is 54.6 Å². The van der Waals surface area contributed by atoms with Crippen molar-refractivity contribution in [3.05, 3.63) is 91.0 Å². The predicted molar refractivity (Wildman–Crippen MR) is 115 cm³/mol. The van der Waals surface area contributed by atoms with Gasteiger partial charge in [-0.15, -0.1) is 0 Å². The summed E-state index contributed by atoms with van der Waals surface area (Å²) in [6.45, 7) is 5.71. The average molecular weight is 457 g/mol. The second-order valence-corrected chi connectivity index (χ2v) is 10.9. The summed E-state index contributed by atoms with van der Waals surface area (Å²) >= 11 is 0. The van der Waals surface area contributed by atoms with Crippen molar-refractivity contribution in [2.75, 3.05) is 13.2 Å². The van der Waals surface area contributed by atoms with Gasteiger partial charge in [-0.25, -0.2) is 0 Å². The normalized spacial score (nSPS) is 16.9. The molecule has 1 atom stereocenters. The van der Waals surface area contributed by atoms with Crippen LogP contribution in [0, 0.1) is 0 Å². The molecular formula is C24H26BrO2P. The van der Waals surface area contributed by atoms with Crippen molar-refractivity contribution in [3.8, 4) is 0 Å². The second-order valence-electron chi connectivity index (χ2n) is 7.12. The highest BCUT2D eigenvalue weighted by atomic mass is 79.9. The van der Waals surface area contributed by atoms with Crippen molar-refractivity contribution in [1.29, 1.82) is 0 Å². The first-order chi connectivity index (χ1) is 13.2. The molecule has 0 aromatic heterocycles. The Kier molecular flexibility index (Phi) is 6.73. The van der Waals surface area contributed by atoms with Gasteiger partial charge in [0.2, 0.25) is 5.79 Å². The Bertz CT molecular complexity index is 768. The summed E-state index contributed by atoms with van der Waals surface area (Å²) in [7, 11) is -2.01. The van der Waals surface area contributed by atoms with Gasteiger partial charge >= 0.3 is 0 Å². The van der Waals surface area contributed by atoms with Crippen LogP contribution in [0.1, 0.15) is 13.8 Å². The van der Waals surface area contributed by atoms with Crippen molar-refractivity contribution >= 4 is 23.2 Å². The molecule has 1 aliphatic heterocycles. The van der Waals surface area contributed by atoms with Crippen LogP contribution in [0.5, 0.6) is 0 Å². The van der Waals surface area contributed by atoms with Gasteiger partial charge in [0.15, 0.2) is 0 Å². The molecule has 0 N–H and O–H groups in total. The molecule has 0 spiro atoms. The summed E-state index contributed by atoms with van der Waals surface area (Å²) in [5, 5.41) is 4.07. The lowest BCUT2D eigenvalue weighted by Crippen LogP contribution is -3.00. The molecule has 0 bridgehead atoms. The Labute approximate surface area is 179 Å². The van der Waals surface area contributed by atoms with Crippen LogP contribution in [-0.2, 0) is 9.47 Å². The highest BCUT2D eigenvalue weighted by Gasteiger charge is 2.59. The van der Waals surface area contributed by atoms with E-state index in [0.29, 0.717) is 13.2 Å². The van der Waals surface area contributed by atoms with Crippen LogP contribution in [0.3, 0.4) is 0 Å². The number of ether oxygens (including phenoxy) is 2. The Balaban J connectivity index is 0.00000225. The molecule has 28 heavy (non-hydrogen) atoms. The van der Waals surface area contributed by atoms with E-state index in [2.05, 4.69) is 105 Å². The van der Waals surface area contributed by atoms with Crippen molar-refractivity contribution in [3.63, 3.8) is 0 Å². The van der Waals surface area contributed by atoms with Crippen molar-refractivity contribution in [2.45, 2.75) is 25.3 Å². The summed E-state index contributed by atoms with van der Waals surface area (Å²) in [4.78, 5) is 0. The molecule has 1 fully saturated rings. The molecule has 0 aliphatic carbocycles. The van der Waals surface area contributed by atoms with Gasteiger partial charge in [0.1, 0.15) is 28.8 Å². The molecule has 3 aromatic carbocycles. The average Bonchev–Trinajstić information content (AvgIpc) is 3.19. The molecule has 1 saturated heterocycles. The van der Waals surface area contributed by atoms with Gasteiger partial charge in [-0.05, 0) is 50.2 Å². The van der Waals surface area contributed by atoms with Crippen LogP contribution in [0.15, 0.2) is 91.0 Å². The van der Waals surface area contributed by atoms with Crippen LogP contribution < -0.4 is 32.9 Å². The topological polar surface area (TPSA) is 18.5 Å². The fraction of sp³-hybridized carbons (Fsp3) is 0.250. The van der Waals surface area contributed by atoms with E-state index in [-0.39, 0.29) is 22.6 Å². The minimum absolute atomic E-state index is 0. The third-order valence-corrected chi connectivity index (χ3v) is 10.7. The number of hydrogen-bond donors (Lipinski definition) is 0. The first kappa shape index (κ1) is 21.2. The molecule has 0 amide bonds. The van der Waals surface area contributed by atoms with Gasteiger partial charge in [0.25, 0.3) is 0 Å². The number of hydrogen-bond acceptors (Lipinski definition) is 2. The summed E-state index contributed by atoms with van der Waals surface area (Å²) in [6, 6.07) is 32.7. The second kappa shape index (κ2) is 8.88. The Hall–Kier alpha value is -1.51. The van der Waals surface area contributed by atoms with Crippen LogP contribution in [0.2, 0.25) is 0 Å². The molecular weight excluding hydrogens is 431 g/mol. The standard InChI is InChI=1S/C24H26O2P.BrH/c1-20(24(2)25-18-19-26-24)27(21-12-6-3-7-13-21,22-14-8-4-9-15-22)23-16-10-5-11-17-23;/h3-17,20H,18-19H2,1-2H3;1H/q+1;/p-1. The first-order valence-electron chi connectivity index (χ1n) is 9.51. The molecule has 1 unspecified atom stereocenters. The zero-order valence-corrected chi connectivity index (χ0v) is 18.8. The number of halogens is 1. The maximum absolute atomic E-state index is 6.18. The van der Waals surface area contributed by atoms with E-state index >= 15 is 0 Å². The highest BCUT2D eigenvalue weighted by molar-refractivity contribution is 7.96. The van der Waals surface area contributed by atoms with Crippen molar-refractivity contribution in [1.82, 2.24) is 0 Å². The van der Waals surface area contributed by atoms with E-state index in [4.69, 9.17) is 9.47 Å². The Morgan fingerprint density at radius 1 is 0.679 bits per heavy atom. The van der Waals surface area contributed by atoms with Gasteiger partial charge in [-0.3, -0.25) is 0 Å². The van der Waals surface area contributed by atoms with Crippen molar-refractivity contribution < 1.29 is 26.5 Å². The first-order valence-corrected chi connectivity index (χ1v) is 11.4. The smallest absolute Gasteiger partial charge is 0.203 e. The zero-order valence-electron chi connectivity index (χ0n) is 16.3. The fourth-order valence-electron chi connectivity index (χ4n) is 4.23. The lowest BCUT2D eigenvalue weighted by Gasteiger charge is -2.39. The quantitative estimate of drug-likeness (QED) is 0.536. The minimum Gasteiger partial charge on any atom is -1.00 e. The monoisotopic (exact) mass is 456 g/mol. The zero-order chi connectivity index (χ0) is 18.7. The maximum Gasteiger partial charge on any atom is 0.203 e. The van der Waals surface area contributed by atoms with E-state index in [0.717, 1.165) is 0 Å². The molecule has 4 rings (SSSR count). The third kappa shape index (κ3) is 3.57. The summed E-state index contributed by atoms with van der Waals surface area (Å²) in [6.07, 6.45) is 0. The predicted octanol–water partition coefficient (Wildman–Crippen LogP) is 1.14. The molecule has 1 aliphatic rings. The molecule has 0 saturated carbocycles. The molecule has 3 aromatic rings. The minimum atomic E-state index is -2.01.